The van der Waals surface area contributed by atoms with Gasteiger partial charge in [-0.2, -0.15) is 0 Å². The first kappa shape index (κ1) is 13.2. The number of phenols is 1. The SMILES string of the molecule is COc1cc(Br)cc([C@H](N)CC(F)F)c1O. The molecule has 0 aliphatic heterocycles. The summed E-state index contributed by atoms with van der Waals surface area (Å²) in [5.41, 5.74) is 5.82. The van der Waals surface area contributed by atoms with Crippen molar-refractivity contribution < 1.29 is 18.6 Å². The number of ether oxygens (including phenoxy) is 1. The minimum Gasteiger partial charge on any atom is -0.504 e. The lowest BCUT2D eigenvalue weighted by atomic mass is 10.0. The van der Waals surface area contributed by atoms with Crippen molar-refractivity contribution in [2.45, 2.75) is 18.9 Å². The third kappa shape index (κ3) is 3.05. The summed E-state index contributed by atoms with van der Waals surface area (Å²) in [7, 11) is 1.38. The first-order valence-electron chi connectivity index (χ1n) is 4.55. The smallest absolute Gasteiger partial charge is 0.240 e. The van der Waals surface area contributed by atoms with Crippen LogP contribution in [0.3, 0.4) is 0 Å². The maximum atomic E-state index is 12.2. The quantitative estimate of drug-likeness (QED) is 0.898. The molecule has 0 saturated carbocycles. The number of nitrogens with two attached hydrogens (primary N) is 1. The first-order valence-corrected chi connectivity index (χ1v) is 5.35. The number of aromatic hydroxyl groups is 1. The molecular formula is C10H12BrF2NO2. The van der Waals surface area contributed by atoms with Crippen molar-refractivity contribution in [3.05, 3.63) is 22.2 Å². The Kier molecular flexibility index (Phi) is 4.49. The molecule has 1 atom stereocenters. The van der Waals surface area contributed by atoms with Gasteiger partial charge in [0.15, 0.2) is 11.5 Å². The van der Waals surface area contributed by atoms with Gasteiger partial charge >= 0.3 is 0 Å². The summed E-state index contributed by atoms with van der Waals surface area (Å²) in [5.74, 6) is 0.00735. The second kappa shape index (κ2) is 5.45. The number of halogens is 3. The van der Waals surface area contributed by atoms with Gasteiger partial charge in [-0.1, -0.05) is 15.9 Å². The largest absolute Gasteiger partial charge is 0.504 e. The van der Waals surface area contributed by atoms with Gasteiger partial charge in [0.1, 0.15) is 0 Å². The van der Waals surface area contributed by atoms with Crippen molar-refractivity contribution in [2.24, 2.45) is 5.73 Å². The Morgan fingerprint density at radius 3 is 2.62 bits per heavy atom. The van der Waals surface area contributed by atoms with Gasteiger partial charge < -0.3 is 15.6 Å². The molecule has 1 aromatic carbocycles. The van der Waals surface area contributed by atoms with Crippen LogP contribution in [0.4, 0.5) is 8.78 Å². The van der Waals surface area contributed by atoms with E-state index in [0.29, 0.717) is 4.47 Å². The summed E-state index contributed by atoms with van der Waals surface area (Å²) in [4.78, 5) is 0. The Labute approximate surface area is 100 Å². The van der Waals surface area contributed by atoms with Gasteiger partial charge in [-0.25, -0.2) is 8.78 Å². The summed E-state index contributed by atoms with van der Waals surface area (Å²) in [6, 6.07) is 2.12. The van der Waals surface area contributed by atoms with E-state index in [1.807, 2.05) is 0 Å². The third-order valence-electron chi connectivity index (χ3n) is 2.12. The molecule has 0 saturated heterocycles. The highest BCUT2D eigenvalue weighted by molar-refractivity contribution is 9.10. The molecule has 0 fully saturated rings. The van der Waals surface area contributed by atoms with Crippen molar-refractivity contribution in [3.63, 3.8) is 0 Å². The molecule has 0 heterocycles. The van der Waals surface area contributed by atoms with Crippen LogP contribution in [0.25, 0.3) is 0 Å². The van der Waals surface area contributed by atoms with Crippen LogP contribution in [0.2, 0.25) is 0 Å². The molecule has 0 aliphatic carbocycles. The maximum absolute atomic E-state index is 12.2. The summed E-state index contributed by atoms with van der Waals surface area (Å²) in [6.45, 7) is 0. The highest BCUT2D eigenvalue weighted by Crippen LogP contribution is 2.37. The third-order valence-corrected chi connectivity index (χ3v) is 2.58. The van der Waals surface area contributed by atoms with Gasteiger partial charge in [0.05, 0.1) is 7.11 Å². The van der Waals surface area contributed by atoms with Crippen LogP contribution < -0.4 is 10.5 Å². The lowest BCUT2D eigenvalue weighted by molar-refractivity contribution is 0.128. The summed E-state index contributed by atoms with van der Waals surface area (Å²) >= 11 is 3.19. The number of alkyl halides is 2. The zero-order valence-corrected chi connectivity index (χ0v) is 10.2. The molecule has 0 amide bonds. The van der Waals surface area contributed by atoms with Gasteiger partial charge in [-0.3, -0.25) is 0 Å². The van der Waals surface area contributed by atoms with E-state index in [1.54, 1.807) is 0 Å². The topological polar surface area (TPSA) is 55.5 Å². The number of benzene rings is 1. The molecule has 0 aliphatic rings. The average molecular weight is 296 g/mol. The summed E-state index contributed by atoms with van der Waals surface area (Å²) in [6.07, 6.45) is -3.02. The summed E-state index contributed by atoms with van der Waals surface area (Å²) < 4.78 is 29.9. The standard InChI is InChI=1S/C10H12BrF2NO2/c1-16-8-3-5(11)2-6(10(8)15)7(14)4-9(12)13/h2-3,7,9,15H,4,14H2,1H3/t7-/m1/s1. The second-order valence-corrected chi connectivity index (χ2v) is 4.19. The van der Waals surface area contributed by atoms with Gasteiger partial charge in [0, 0.05) is 22.5 Å². The fourth-order valence-corrected chi connectivity index (χ4v) is 1.81. The van der Waals surface area contributed by atoms with Crippen LogP contribution in [-0.2, 0) is 0 Å². The Bertz CT molecular complexity index is 374. The highest BCUT2D eigenvalue weighted by atomic mass is 79.9. The van der Waals surface area contributed by atoms with Crippen LogP contribution in [0, 0.1) is 0 Å². The van der Waals surface area contributed by atoms with Gasteiger partial charge in [-0.05, 0) is 12.1 Å². The predicted molar refractivity (Wildman–Crippen MR) is 59.9 cm³/mol. The van der Waals surface area contributed by atoms with E-state index in [2.05, 4.69) is 15.9 Å². The van der Waals surface area contributed by atoms with Crippen LogP contribution in [-0.4, -0.2) is 18.6 Å². The molecule has 0 radical (unpaired) electrons. The van der Waals surface area contributed by atoms with E-state index in [9.17, 15) is 13.9 Å². The van der Waals surface area contributed by atoms with E-state index in [-0.39, 0.29) is 17.1 Å². The van der Waals surface area contributed by atoms with E-state index < -0.39 is 18.9 Å². The number of hydrogen-bond acceptors (Lipinski definition) is 3. The van der Waals surface area contributed by atoms with Gasteiger partial charge in [0.25, 0.3) is 0 Å². The van der Waals surface area contributed by atoms with E-state index >= 15 is 0 Å². The summed E-state index contributed by atoms with van der Waals surface area (Å²) in [5, 5.41) is 9.73. The molecule has 16 heavy (non-hydrogen) atoms. The molecule has 3 N–H and O–H groups in total. The highest BCUT2D eigenvalue weighted by Gasteiger charge is 2.19. The number of hydrogen-bond donors (Lipinski definition) is 2. The van der Waals surface area contributed by atoms with Crippen molar-refractivity contribution in [1.82, 2.24) is 0 Å². The van der Waals surface area contributed by atoms with Crippen LogP contribution in [0.1, 0.15) is 18.0 Å². The average Bonchev–Trinajstić information content (AvgIpc) is 2.19. The molecule has 0 bridgehead atoms. The van der Waals surface area contributed by atoms with Crippen LogP contribution >= 0.6 is 15.9 Å². The lowest BCUT2D eigenvalue weighted by Crippen LogP contribution is -2.14. The fourth-order valence-electron chi connectivity index (χ4n) is 1.35. The maximum Gasteiger partial charge on any atom is 0.240 e. The van der Waals surface area contributed by atoms with Gasteiger partial charge in [0.2, 0.25) is 6.43 Å². The zero-order valence-electron chi connectivity index (χ0n) is 8.58. The minimum absolute atomic E-state index is 0.196. The monoisotopic (exact) mass is 295 g/mol. The number of phenolic OH excluding ortho intramolecular Hbond substituents is 1. The van der Waals surface area contributed by atoms with Gasteiger partial charge in [-0.15, -0.1) is 0 Å². The predicted octanol–water partition coefficient (Wildman–Crippen LogP) is 2.82. The van der Waals surface area contributed by atoms with Crippen molar-refractivity contribution >= 4 is 15.9 Å². The molecule has 3 nitrogen and oxygen atoms in total. The molecule has 0 spiro atoms. The van der Waals surface area contributed by atoms with E-state index in [0.717, 1.165) is 0 Å². The molecule has 6 heteroatoms. The van der Waals surface area contributed by atoms with Crippen molar-refractivity contribution in [2.75, 3.05) is 7.11 Å². The molecule has 1 rings (SSSR count). The number of rotatable bonds is 4. The Morgan fingerprint density at radius 1 is 1.50 bits per heavy atom. The molecule has 0 aromatic heterocycles. The Hall–Kier alpha value is -0.880. The molecule has 1 aromatic rings. The first-order chi connectivity index (χ1) is 7.45. The molecule has 90 valence electrons. The molecular weight excluding hydrogens is 284 g/mol. The zero-order chi connectivity index (χ0) is 12.3. The Balaban J connectivity index is 3.07. The van der Waals surface area contributed by atoms with Crippen molar-refractivity contribution in [1.29, 1.82) is 0 Å². The fraction of sp³-hybridized carbons (Fsp3) is 0.400. The second-order valence-electron chi connectivity index (χ2n) is 3.28. The van der Waals surface area contributed by atoms with Crippen molar-refractivity contribution in [3.8, 4) is 11.5 Å². The van der Waals surface area contributed by atoms with E-state index in [4.69, 9.17) is 10.5 Å². The Morgan fingerprint density at radius 2 is 2.12 bits per heavy atom. The minimum atomic E-state index is -2.51. The van der Waals surface area contributed by atoms with Crippen LogP contribution in [0.5, 0.6) is 11.5 Å². The lowest BCUT2D eigenvalue weighted by Gasteiger charge is -2.15. The van der Waals surface area contributed by atoms with Crippen LogP contribution in [0.15, 0.2) is 16.6 Å². The normalized spacial score (nSPS) is 12.9. The number of methoxy groups -OCH3 is 1. The molecule has 0 unspecified atom stereocenters. The van der Waals surface area contributed by atoms with E-state index in [1.165, 1.54) is 19.2 Å².